The minimum Gasteiger partial charge on any atom is -0.396 e. The van der Waals surface area contributed by atoms with Gasteiger partial charge >= 0.3 is 0 Å². The third-order valence-corrected chi connectivity index (χ3v) is 2.99. The number of hydrogen-bond acceptors (Lipinski definition) is 8. The van der Waals surface area contributed by atoms with Gasteiger partial charge in [-0.25, -0.2) is 0 Å². The maximum Gasteiger partial charge on any atom is 0.0627 e. The van der Waals surface area contributed by atoms with E-state index in [4.69, 9.17) is 40.9 Å². The zero-order valence-electron chi connectivity index (χ0n) is 10.9. The van der Waals surface area contributed by atoms with Gasteiger partial charge in [-0.3, -0.25) is 0 Å². The van der Waals surface area contributed by atoms with Crippen molar-refractivity contribution >= 4 is 0 Å². The summed E-state index contributed by atoms with van der Waals surface area (Å²) in [6.45, 7) is -2.68. The lowest BCUT2D eigenvalue weighted by Gasteiger charge is -2.25. The van der Waals surface area contributed by atoms with E-state index in [0.29, 0.717) is 0 Å². The Balaban J connectivity index is 0. The highest BCUT2D eigenvalue weighted by atomic mass is 16.3. The van der Waals surface area contributed by atoms with Crippen LogP contribution in [0.15, 0.2) is 0 Å². The third-order valence-electron chi connectivity index (χ3n) is 2.99. The highest BCUT2D eigenvalue weighted by Crippen LogP contribution is 2.18. The molecule has 8 N–H and O–H groups in total. The second-order valence-electron chi connectivity index (χ2n) is 4.58. The fraction of sp³-hybridized carbons (Fsp3) is 1.00. The van der Waals surface area contributed by atoms with E-state index >= 15 is 0 Å². The lowest BCUT2D eigenvalue weighted by Crippen LogP contribution is -2.37. The molecule has 0 bridgehead atoms. The molecule has 118 valence electrons. The summed E-state index contributed by atoms with van der Waals surface area (Å²) in [5.41, 5.74) is -2.02. The summed E-state index contributed by atoms with van der Waals surface area (Å²) in [6.07, 6.45) is 0.219. The third kappa shape index (κ3) is 7.14. The Bertz CT molecular complexity index is 165. The molecule has 0 atom stereocenters. The van der Waals surface area contributed by atoms with Crippen molar-refractivity contribution in [2.45, 2.75) is 6.42 Å². The monoisotopic (exact) mass is 286 g/mol. The fourth-order valence-electron chi connectivity index (χ4n) is 0.924. The minimum atomic E-state index is -1.11. The summed E-state index contributed by atoms with van der Waals surface area (Å²) in [5, 5.41) is 68.5. The van der Waals surface area contributed by atoms with Gasteiger partial charge in [0.15, 0.2) is 0 Å². The molecule has 0 aliphatic heterocycles. The van der Waals surface area contributed by atoms with Crippen LogP contribution in [-0.4, -0.2) is 93.7 Å². The van der Waals surface area contributed by atoms with Crippen molar-refractivity contribution in [2.75, 3.05) is 52.9 Å². The molecule has 0 spiro atoms. The Kier molecular flexibility index (Phi) is 12.7. The molecule has 0 aromatic heterocycles. The zero-order chi connectivity index (χ0) is 15.4. The van der Waals surface area contributed by atoms with Crippen molar-refractivity contribution in [3.63, 3.8) is 0 Å². The van der Waals surface area contributed by atoms with Gasteiger partial charge in [0.05, 0.1) is 51.7 Å². The molecule has 0 aromatic rings. The second kappa shape index (κ2) is 11.5. The van der Waals surface area contributed by atoms with Crippen LogP contribution in [0, 0.1) is 10.8 Å². The highest BCUT2D eigenvalue weighted by molar-refractivity contribution is 4.76. The van der Waals surface area contributed by atoms with E-state index in [1.165, 1.54) is 0 Å². The Morgan fingerprint density at radius 2 is 0.684 bits per heavy atom. The molecule has 0 unspecified atom stereocenters. The normalized spacial score (nSPS) is 12.0. The van der Waals surface area contributed by atoms with Gasteiger partial charge in [-0.05, 0) is 6.42 Å². The van der Waals surface area contributed by atoms with Crippen molar-refractivity contribution in [1.29, 1.82) is 0 Å². The Morgan fingerprint density at radius 3 is 0.737 bits per heavy atom. The first-order valence-corrected chi connectivity index (χ1v) is 5.86. The van der Waals surface area contributed by atoms with Gasteiger partial charge in [-0.1, -0.05) is 0 Å². The van der Waals surface area contributed by atoms with Crippen molar-refractivity contribution < 1.29 is 40.9 Å². The number of aliphatic hydroxyl groups excluding tert-OH is 8. The minimum absolute atomic E-state index is 0.137. The summed E-state index contributed by atoms with van der Waals surface area (Å²) < 4.78 is 0. The highest BCUT2D eigenvalue weighted by Gasteiger charge is 2.27. The molecule has 0 saturated carbocycles. The lowest BCUT2D eigenvalue weighted by molar-refractivity contribution is -0.0328. The molecule has 0 saturated heterocycles. The maximum atomic E-state index is 8.68. The van der Waals surface area contributed by atoms with Crippen LogP contribution in [0.5, 0.6) is 0 Å². The average Bonchev–Trinajstić information content (AvgIpc) is 2.49. The molecule has 0 heterocycles. The van der Waals surface area contributed by atoms with Crippen LogP contribution in [0.3, 0.4) is 0 Å². The molecule has 0 aliphatic rings. The molecular formula is C11H26O8. The summed E-state index contributed by atoms with van der Waals surface area (Å²) >= 11 is 0. The van der Waals surface area contributed by atoms with Gasteiger partial charge in [0.25, 0.3) is 0 Å². The summed E-state index contributed by atoms with van der Waals surface area (Å²) in [7, 11) is 0. The van der Waals surface area contributed by atoms with Crippen LogP contribution in [0.25, 0.3) is 0 Å². The molecule has 8 nitrogen and oxygen atoms in total. The van der Waals surface area contributed by atoms with E-state index in [1.54, 1.807) is 0 Å². The molecule has 19 heavy (non-hydrogen) atoms. The van der Waals surface area contributed by atoms with Gasteiger partial charge in [0.2, 0.25) is 0 Å². The van der Waals surface area contributed by atoms with E-state index in [2.05, 4.69) is 0 Å². The number of rotatable bonds is 9. The number of hydrogen-bond donors (Lipinski definition) is 8. The van der Waals surface area contributed by atoms with Gasteiger partial charge in [-0.15, -0.1) is 0 Å². The first-order chi connectivity index (χ1) is 8.99. The molecule has 0 rings (SSSR count). The molecule has 0 fully saturated rings. The van der Waals surface area contributed by atoms with Gasteiger partial charge < -0.3 is 40.9 Å². The zero-order valence-corrected chi connectivity index (χ0v) is 10.9. The average molecular weight is 286 g/mol. The molecule has 0 aliphatic carbocycles. The lowest BCUT2D eigenvalue weighted by atomic mass is 9.88. The summed E-state index contributed by atoms with van der Waals surface area (Å²) in [5.74, 6) is 0. The van der Waals surface area contributed by atoms with Crippen LogP contribution >= 0.6 is 0 Å². The maximum absolute atomic E-state index is 8.68. The van der Waals surface area contributed by atoms with E-state index in [9.17, 15) is 0 Å². The van der Waals surface area contributed by atoms with E-state index < -0.39 is 37.3 Å². The summed E-state index contributed by atoms with van der Waals surface area (Å²) in [4.78, 5) is 0. The summed E-state index contributed by atoms with van der Waals surface area (Å²) in [6, 6.07) is 0. The second-order valence-corrected chi connectivity index (χ2v) is 4.58. The van der Waals surface area contributed by atoms with Crippen LogP contribution in [0.2, 0.25) is 0 Å². The van der Waals surface area contributed by atoms with E-state index in [1.807, 2.05) is 0 Å². The van der Waals surface area contributed by atoms with E-state index in [-0.39, 0.29) is 32.8 Å². The Hall–Kier alpha value is -0.320. The predicted molar refractivity (Wildman–Crippen MR) is 66.2 cm³/mol. The van der Waals surface area contributed by atoms with Crippen LogP contribution in [-0.2, 0) is 0 Å². The van der Waals surface area contributed by atoms with E-state index in [0.717, 1.165) is 0 Å². The predicted octanol–water partition coefficient (Wildman–Crippen LogP) is -3.73. The van der Waals surface area contributed by atoms with Crippen LogP contribution < -0.4 is 0 Å². The molecule has 8 heteroatoms. The SMILES string of the molecule is OCC(CO)(CO)CO.OCCC(CO)(CO)CO. The van der Waals surface area contributed by atoms with Gasteiger partial charge in [-0.2, -0.15) is 0 Å². The van der Waals surface area contributed by atoms with Crippen LogP contribution in [0.1, 0.15) is 6.42 Å². The first kappa shape index (κ1) is 21.0. The van der Waals surface area contributed by atoms with Crippen molar-refractivity contribution in [3.05, 3.63) is 0 Å². The molecule has 0 amide bonds. The standard InChI is InChI=1S/C6H14O4.C5H12O4/c7-2-1-6(3-8,4-9)5-10;6-1-5(2-7,3-8)4-9/h7-10H,1-5H2;6-9H,1-4H2. The smallest absolute Gasteiger partial charge is 0.0627 e. The van der Waals surface area contributed by atoms with Crippen LogP contribution in [0.4, 0.5) is 0 Å². The quantitative estimate of drug-likeness (QED) is 0.214. The first-order valence-electron chi connectivity index (χ1n) is 5.86. The van der Waals surface area contributed by atoms with Crippen molar-refractivity contribution in [1.82, 2.24) is 0 Å². The van der Waals surface area contributed by atoms with Crippen molar-refractivity contribution in [3.8, 4) is 0 Å². The Morgan fingerprint density at radius 1 is 0.421 bits per heavy atom. The van der Waals surface area contributed by atoms with Gasteiger partial charge in [0, 0.05) is 12.0 Å². The Labute approximate surface area is 112 Å². The number of aliphatic hydroxyl groups is 8. The van der Waals surface area contributed by atoms with Crippen molar-refractivity contribution in [2.24, 2.45) is 10.8 Å². The fourth-order valence-corrected chi connectivity index (χ4v) is 0.924. The molecule has 0 radical (unpaired) electrons. The molecule has 0 aromatic carbocycles. The van der Waals surface area contributed by atoms with Gasteiger partial charge in [0.1, 0.15) is 0 Å². The molecular weight excluding hydrogens is 260 g/mol. The topological polar surface area (TPSA) is 162 Å². The largest absolute Gasteiger partial charge is 0.396 e.